The number of amides is 3. The number of aryl methyl sites for hydroxylation is 1. The topological polar surface area (TPSA) is 151 Å². The highest BCUT2D eigenvalue weighted by molar-refractivity contribution is 5.94. The second-order valence-electron chi connectivity index (χ2n) is 10.5. The standard InChI is InChI=1S/C26H32N8O5/c1-15-7-20(30-22(35)13-33-5-2-6-33)29-19-9-16(8-18(15)19)10-27-4-3-17-12-34(26(37)39-17)21-11-28-25-24(31-21)32-23(36)14-38-25/h7,11,16-17,27H,2-6,8-10,12-14H2,1H3,(H,29,30,35)(H,31,32,36). The molecule has 3 amide bonds. The summed E-state index contributed by atoms with van der Waals surface area (Å²) in [5, 5.41) is 9.06. The second-order valence-corrected chi connectivity index (χ2v) is 10.5. The van der Waals surface area contributed by atoms with Gasteiger partial charge in [0.25, 0.3) is 11.8 Å². The van der Waals surface area contributed by atoms with Gasteiger partial charge in [0.2, 0.25) is 5.91 Å². The lowest BCUT2D eigenvalue weighted by Gasteiger charge is -2.29. The number of nitrogens with zero attached hydrogens (tertiary/aromatic N) is 5. The van der Waals surface area contributed by atoms with Crippen molar-refractivity contribution in [2.24, 2.45) is 5.92 Å². The van der Waals surface area contributed by atoms with E-state index in [0.29, 0.717) is 43.6 Å². The monoisotopic (exact) mass is 536 g/mol. The van der Waals surface area contributed by atoms with E-state index in [-0.39, 0.29) is 36.2 Å². The molecule has 2 fully saturated rings. The second kappa shape index (κ2) is 10.7. The Hall–Kier alpha value is -3.84. The van der Waals surface area contributed by atoms with Gasteiger partial charge in [-0.2, -0.15) is 0 Å². The molecule has 0 bridgehead atoms. The van der Waals surface area contributed by atoms with Crippen LogP contribution in [0.3, 0.4) is 0 Å². The van der Waals surface area contributed by atoms with Gasteiger partial charge in [-0.25, -0.2) is 19.7 Å². The van der Waals surface area contributed by atoms with Crippen LogP contribution in [0.15, 0.2) is 12.3 Å². The number of nitrogens with one attached hydrogen (secondary N) is 3. The average Bonchev–Trinajstić information content (AvgIpc) is 3.47. The first-order valence-electron chi connectivity index (χ1n) is 13.4. The van der Waals surface area contributed by atoms with Crippen LogP contribution in [0.2, 0.25) is 0 Å². The molecule has 3 N–H and O–H groups in total. The number of cyclic esters (lactones) is 1. The van der Waals surface area contributed by atoms with Gasteiger partial charge in [-0.3, -0.25) is 19.4 Å². The maximum absolute atomic E-state index is 12.4. The van der Waals surface area contributed by atoms with Crippen molar-refractivity contribution in [2.75, 3.05) is 61.4 Å². The zero-order valence-corrected chi connectivity index (χ0v) is 21.9. The summed E-state index contributed by atoms with van der Waals surface area (Å²) in [7, 11) is 0. The average molecular weight is 537 g/mol. The first-order valence-corrected chi connectivity index (χ1v) is 13.4. The third-order valence-corrected chi connectivity index (χ3v) is 7.54. The Bertz CT molecular complexity index is 1300. The zero-order valence-electron chi connectivity index (χ0n) is 21.9. The van der Waals surface area contributed by atoms with Gasteiger partial charge < -0.3 is 25.4 Å². The minimum absolute atomic E-state index is 0.0107. The molecule has 0 radical (unpaired) electrons. The van der Waals surface area contributed by atoms with Crippen LogP contribution in [0.4, 0.5) is 22.2 Å². The number of rotatable bonds is 9. The normalized spacial score (nSPS) is 21.9. The lowest BCUT2D eigenvalue weighted by atomic mass is 10.0. The summed E-state index contributed by atoms with van der Waals surface area (Å²) < 4.78 is 10.7. The molecule has 0 saturated carbocycles. The fourth-order valence-corrected chi connectivity index (χ4v) is 5.40. The fraction of sp³-hybridized carbons (Fsp3) is 0.538. The van der Waals surface area contributed by atoms with Crippen LogP contribution in [-0.2, 0) is 27.2 Å². The van der Waals surface area contributed by atoms with E-state index >= 15 is 0 Å². The molecule has 2 aromatic heterocycles. The number of likely N-dealkylation sites (tertiary alicyclic amines) is 1. The van der Waals surface area contributed by atoms with Crippen molar-refractivity contribution >= 4 is 35.4 Å². The molecule has 2 unspecified atom stereocenters. The smallest absolute Gasteiger partial charge is 0.415 e. The van der Waals surface area contributed by atoms with Crippen LogP contribution in [0.25, 0.3) is 0 Å². The predicted molar refractivity (Wildman–Crippen MR) is 141 cm³/mol. The van der Waals surface area contributed by atoms with Crippen molar-refractivity contribution < 1.29 is 23.9 Å². The van der Waals surface area contributed by atoms with E-state index in [1.807, 2.05) is 6.07 Å². The third-order valence-electron chi connectivity index (χ3n) is 7.54. The molecule has 3 aliphatic heterocycles. The summed E-state index contributed by atoms with van der Waals surface area (Å²) in [5.74, 6) is 1.47. The molecule has 206 valence electrons. The van der Waals surface area contributed by atoms with E-state index < -0.39 is 6.09 Å². The summed E-state index contributed by atoms with van der Waals surface area (Å²) >= 11 is 0. The molecule has 2 atom stereocenters. The number of ether oxygens (including phenoxy) is 2. The fourth-order valence-electron chi connectivity index (χ4n) is 5.40. The lowest BCUT2D eigenvalue weighted by molar-refractivity contribution is -0.119. The highest BCUT2D eigenvalue weighted by atomic mass is 16.6. The molecule has 0 aromatic carbocycles. The number of hydrogen-bond donors (Lipinski definition) is 3. The van der Waals surface area contributed by atoms with Gasteiger partial charge >= 0.3 is 6.09 Å². The van der Waals surface area contributed by atoms with E-state index in [0.717, 1.165) is 50.2 Å². The molecule has 13 heteroatoms. The maximum atomic E-state index is 12.4. The zero-order chi connectivity index (χ0) is 26.9. The molecule has 39 heavy (non-hydrogen) atoms. The SMILES string of the molecule is Cc1cc(NC(=O)CN2CCC2)nc2c1CC(CNCCC1CN(c3cnc4c(n3)NC(=O)CO4)C(=O)O1)C2. The maximum Gasteiger partial charge on any atom is 0.415 e. The number of carbonyl (C=O) groups is 3. The number of anilines is 3. The molecular weight excluding hydrogens is 504 g/mol. The van der Waals surface area contributed by atoms with Gasteiger partial charge in [0.1, 0.15) is 11.9 Å². The molecular formula is C26H32N8O5. The van der Waals surface area contributed by atoms with Gasteiger partial charge in [0, 0.05) is 5.69 Å². The highest BCUT2D eigenvalue weighted by Gasteiger charge is 2.34. The summed E-state index contributed by atoms with van der Waals surface area (Å²) in [4.78, 5) is 53.0. The van der Waals surface area contributed by atoms with E-state index in [1.54, 1.807) is 0 Å². The summed E-state index contributed by atoms with van der Waals surface area (Å²) in [6.07, 6.45) is 4.30. The minimum atomic E-state index is -0.488. The van der Waals surface area contributed by atoms with E-state index in [4.69, 9.17) is 14.5 Å². The summed E-state index contributed by atoms with van der Waals surface area (Å²) in [5.41, 5.74) is 3.50. The minimum Gasteiger partial charge on any atom is -0.465 e. The van der Waals surface area contributed by atoms with Crippen molar-refractivity contribution in [3.63, 3.8) is 0 Å². The van der Waals surface area contributed by atoms with Gasteiger partial charge in [0.05, 0.1) is 19.3 Å². The highest BCUT2D eigenvalue weighted by Crippen LogP contribution is 2.30. The Morgan fingerprint density at radius 2 is 2.10 bits per heavy atom. The predicted octanol–water partition coefficient (Wildman–Crippen LogP) is 0.875. The number of carbonyl (C=O) groups excluding carboxylic acids is 3. The Morgan fingerprint density at radius 1 is 1.23 bits per heavy atom. The summed E-state index contributed by atoms with van der Waals surface area (Å²) in [6, 6.07) is 1.97. The lowest BCUT2D eigenvalue weighted by Crippen LogP contribution is -2.42. The van der Waals surface area contributed by atoms with E-state index in [9.17, 15) is 14.4 Å². The van der Waals surface area contributed by atoms with Gasteiger partial charge in [-0.1, -0.05) is 0 Å². The van der Waals surface area contributed by atoms with Crippen LogP contribution < -0.4 is 25.6 Å². The molecule has 5 heterocycles. The van der Waals surface area contributed by atoms with Crippen LogP contribution in [0.5, 0.6) is 5.88 Å². The van der Waals surface area contributed by atoms with Crippen LogP contribution in [-0.4, -0.2) is 89.7 Å². The van der Waals surface area contributed by atoms with Crippen molar-refractivity contribution in [1.82, 2.24) is 25.2 Å². The summed E-state index contributed by atoms with van der Waals surface area (Å²) in [6.45, 7) is 6.24. The van der Waals surface area contributed by atoms with Gasteiger partial charge in [-0.15, -0.1) is 0 Å². The molecule has 13 nitrogen and oxygen atoms in total. The Morgan fingerprint density at radius 3 is 2.92 bits per heavy atom. The van der Waals surface area contributed by atoms with E-state index in [2.05, 4.69) is 37.7 Å². The van der Waals surface area contributed by atoms with Crippen molar-refractivity contribution in [1.29, 1.82) is 0 Å². The van der Waals surface area contributed by atoms with Crippen LogP contribution >= 0.6 is 0 Å². The number of fused-ring (bicyclic) bond motifs is 2. The Kier molecular flexibility index (Phi) is 7.00. The van der Waals surface area contributed by atoms with Crippen molar-refractivity contribution in [2.45, 2.75) is 38.7 Å². The quantitative estimate of drug-likeness (QED) is 0.394. The molecule has 1 aliphatic carbocycles. The molecule has 2 aromatic rings. The first-order chi connectivity index (χ1) is 18.9. The van der Waals surface area contributed by atoms with Gasteiger partial charge in [0.15, 0.2) is 18.2 Å². The molecule has 0 spiro atoms. The molecule has 4 aliphatic rings. The van der Waals surface area contributed by atoms with Crippen molar-refractivity contribution in [3.8, 4) is 5.88 Å². The van der Waals surface area contributed by atoms with Crippen LogP contribution in [0, 0.1) is 12.8 Å². The van der Waals surface area contributed by atoms with Crippen LogP contribution in [0.1, 0.15) is 29.7 Å². The van der Waals surface area contributed by atoms with Crippen molar-refractivity contribution in [3.05, 3.63) is 29.1 Å². The first kappa shape index (κ1) is 25.4. The Balaban J connectivity index is 0.955. The number of pyridine rings is 1. The number of aromatic nitrogens is 3. The van der Waals surface area contributed by atoms with Gasteiger partial charge in [-0.05, 0) is 81.9 Å². The van der Waals surface area contributed by atoms with E-state index in [1.165, 1.54) is 16.7 Å². The number of hydrogen-bond acceptors (Lipinski definition) is 10. The molecule has 2 saturated heterocycles. The third kappa shape index (κ3) is 5.64. The molecule has 6 rings (SSSR count). The Labute approximate surface area is 225 Å². The largest absolute Gasteiger partial charge is 0.465 e.